The lowest BCUT2D eigenvalue weighted by atomic mass is 10.2. The van der Waals surface area contributed by atoms with Crippen LogP contribution < -0.4 is 10.5 Å². The highest BCUT2D eigenvalue weighted by molar-refractivity contribution is 5.94. The molecule has 1 aromatic rings. The lowest BCUT2D eigenvalue weighted by Gasteiger charge is -2.16. The minimum absolute atomic E-state index is 0.0429. The molecule has 1 aliphatic rings. The smallest absolute Gasteiger partial charge is 0.254 e. The van der Waals surface area contributed by atoms with Crippen LogP contribution in [0.5, 0.6) is 5.75 Å². The third-order valence-electron chi connectivity index (χ3n) is 2.91. The van der Waals surface area contributed by atoms with Crippen molar-refractivity contribution in [3.05, 3.63) is 29.6 Å². The molecule has 2 N–H and O–H groups in total. The van der Waals surface area contributed by atoms with E-state index in [1.807, 2.05) is 0 Å². The number of hydrogen-bond donors (Lipinski definition) is 1. The molecular formula is C12H15FN2O2. The van der Waals surface area contributed by atoms with Gasteiger partial charge < -0.3 is 15.4 Å². The summed E-state index contributed by atoms with van der Waals surface area (Å²) in [6.45, 7) is 1.21. The number of benzene rings is 1. The van der Waals surface area contributed by atoms with E-state index in [4.69, 9.17) is 10.5 Å². The molecule has 0 aromatic heterocycles. The van der Waals surface area contributed by atoms with Crippen LogP contribution in [-0.2, 0) is 0 Å². The Morgan fingerprint density at radius 3 is 2.94 bits per heavy atom. The van der Waals surface area contributed by atoms with Gasteiger partial charge in [0.15, 0.2) is 11.6 Å². The van der Waals surface area contributed by atoms with Crippen molar-refractivity contribution in [1.82, 2.24) is 4.90 Å². The Morgan fingerprint density at radius 2 is 2.35 bits per heavy atom. The van der Waals surface area contributed by atoms with E-state index >= 15 is 0 Å². The molecule has 1 fully saturated rings. The summed E-state index contributed by atoms with van der Waals surface area (Å²) in [5.41, 5.74) is 6.17. The average Bonchev–Trinajstić information content (AvgIpc) is 2.75. The predicted octanol–water partition coefficient (Wildman–Crippen LogP) is 1.01. The topological polar surface area (TPSA) is 55.6 Å². The van der Waals surface area contributed by atoms with Crippen molar-refractivity contribution in [1.29, 1.82) is 0 Å². The van der Waals surface area contributed by atoms with Gasteiger partial charge in [-0.05, 0) is 24.6 Å². The summed E-state index contributed by atoms with van der Waals surface area (Å²) in [5.74, 6) is -0.516. The van der Waals surface area contributed by atoms with Crippen molar-refractivity contribution in [2.24, 2.45) is 5.73 Å². The molecule has 1 heterocycles. The molecule has 92 valence electrons. The summed E-state index contributed by atoms with van der Waals surface area (Å²) in [4.78, 5) is 13.7. The van der Waals surface area contributed by atoms with Crippen LogP contribution in [0.2, 0.25) is 0 Å². The minimum Gasteiger partial charge on any atom is -0.494 e. The van der Waals surface area contributed by atoms with Gasteiger partial charge in [0.2, 0.25) is 0 Å². The Morgan fingerprint density at radius 1 is 1.59 bits per heavy atom. The summed E-state index contributed by atoms with van der Waals surface area (Å²) in [7, 11) is 1.37. The van der Waals surface area contributed by atoms with Crippen LogP contribution in [0.25, 0.3) is 0 Å². The molecule has 1 unspecified atom stereocenters. The minimum atomic E-state index is -0.470. The average molecular weight is 238 g/mol. The number of nitrogens with zero attached hydrogens (tertiary/aromatic N) is 1. The number of hydrogen-bond acceptors (Lipinski definition) is 3. The van der Waals surface area contributed by atoms with Crippen molar-refractivity contribution in [2.75, 3.05) is 20.2 Å². The third-order valence-corrected chi connectivity index (χ3v) is 2.91. The molecule has 0 aliphatic carbocycles. The lowest BCUT2D eigenvalue weighted by Crippen LogP contribution is -2.31. The maximum atomic E-state index is 13.2. The van der Waals surface area contributed by atoms with Gasteiger partial charge in [-0.2, -0.15) is 0 Å². The van der Waals surface area contributed by atoms with Gasteiger partial charge in [-0.1, -0.05) is 0 Å². The first-order valence-corrected chi connectivity index (χ1v) is 5.50. The fourth-order valence-corrected chi connectivity index (χ4v) is 1.95. The van der Waals surface area contributed by atoms with Crippen molar-refractivity contribution >= 4 is 5.91 Å². The Hall–Kier alpha value is -1.62. The molecule has 1 aliphatic heterocycles. The van der Waals surface area contributed by atoms with Gasteiger partial charge in [0.1, 0.15) is 0 Å². The Kier molecular flexibility index (Phi) is 3.28. The van der Waals surface area contributed by atoms with Crippen LogP contribution in [0.1, 0.15) is 16.8 Å². The van der Waals surface area contributed by atoms with Gasteiger partial charge in [-0.15, -0.1) is 0 Å². The molecule has 0 radical (unpaired) electrons. The van der Waals surface area contributed by atoms with Crippen LogP contribution in [0.3, 0.4) is 0 Å². The molecule has 0 saturated carbocycles. The van der Waals surface area contributed by atoms with E-state index in [2.05, 4.69) is 0 Å². The number of carbonyl (C=O) groups is 1. The summed E-state index contributed by atoms with van der Waals surface area (Å²) in [6, 6.07) is 4.16. The lowest BCUT2D eigenvalue weighted by molar-refractivity contribution is 0.0790. The second-order valence-corrected chi connectivity index (χ2v) is 4.15. The Balaban J connectivity index is 2.19. The summed E-state index contributed by atoms with van der Waals surface area (Å²) >= 11 is 0. The van der Waals surface area contributed by atoms with E-state index in [9.17, 15) is 9.18 Å². The largest absolute Gasteiger partial charge is 0.494 e. The van der Waals surface area contributed by atoms with Gasteiger partial charge in [0.25, 0.3) is 5.91 Å². The molecule has 5 heteroatoms. The van der Waals surface area contributed by atoms with Crippen LogP contribution in [0, 0.1) is 5.82 Å². The fraction of sp³-hybridized carbons (Fsp3) is 0.417. The second kappa shape index (κ2) is 4.71. The van der Waals surface area contributed by atoms with Crippen LogP contribution in [0.15, 0.2) is 18.2 Å². The first-order valence-electron chi connectivity index (χ1n) is 5.50. The normalized spacial score (nSPS) is 19.5. The zero-order valence-corrected chi connectivity index (χ0v) is 9.65. The highest BCUT2D eigenvalue weighted by atomic mass is 19.1. The number of carbonyl (C=O) groups excluding carboxylic acids is 1. The summed E-state index contributed by atoms with van der Waals surface area (Å²) in [5, 5.41) is 0. The molecule has 2 rings (SSSR count). The van der Waals surface area contributed by atoms with Gasteiger partial charge in [-0.3, -0.25) is 4.79 Å². The summed E-state index contributed by atoms with van der Waals surface area (Å²) < 4.78 is 18.1. The molecule has 1 saturated heterocycles. The van der Waals surface area contributed by atoms with E-state index in [0.29, 0.717) is 18.7 Å². The van der Waals surface area contributed by atoms with E-state index < -0.39 is 5.82 Å². The number of rotatable bonds is 2. The first kappa shape index (κ1) is 11.9. The van der Waals surface area contributed by atoms with Crippen molar-refractivity contribution in [3.63, 3.8) is 0 Å². The number of nitrogens with two attached hydrogens (primary N) is 1. The van der Waals surface area contributed by atoms with E-state index in [0.717, 1.165) is 6.42 Å². The molecule has 17 heavy (non-hydrogen) atoms. The van der Waals surface area contributed by atoms with Gasteiger partial charge in [0, 0.05) is 24.7 Å². The fourth-order valence-electron chi connectivity index (χ4n) is 1.95. The van der Waals surface area contributed by atoms with Gasteiger partial charge in [-0.25, -0.2) is 4.39 Å². The van der Waals surface area contributed by atoms with Crippen molar-refractivity contribution in [3.8, 4) is 5.75 Å². The molecular weight excluding hydrogens is 223 g/mol. The number of ether oxygens (including phenoxy) is 1. The zero-order valence-electron chi connectivity index (χ0n) is 9.65. The van der Waals surface area contributed by atoms with E-state index in [-0.39, 0.29) is 17.7 Å². The zero-order chi connectivity index (χ0) is 12.4. The standard InChI is InChI=1S/C12H15FN2O2/c1-17-11-6-8(2-3-10(11)13)12(16)15-5-4-9(14)7-15/h2-3,6,9H,4-5,7,14H2,1H3. The number of methoxy groups -OCH3 is 1. The molecule has 1 amide bonds. The summed E-state index contributed by atoms with van der Waals surface area (Å²) in [6.07, 6.45) is 0.810. The van der Waals surface area contributed by atoms with Crippen molar-refractivity contribution in [2.45, 2.75) is 12.5 Å². The van der Waals surface area contributed by atoms with Gasteiger partial charge >= 0.3 is 0 Å². The highest BCUT2D eigenvalue weighted by Gasteiger charge is 2.25. The number of amides is 1. The quantitative estimate of drug-likeness (QED) is 0.836. The second-order valence-electron chi connectivity index (χ2n) is 4.15. The molecule has 0 bridgehead atoms. The van der Waals surface area contributed by atoms with Gasteiger partial charge in [0.05, 0.1) is 7.11 Å². The highest BCUT2D eigenvalue weighted by Crippen LogP contribution is 2.20. The Labute approximate surface area is 99.2 Å². The molecule has 0 spiro atoms. The van der Waals surface area contributed by atoms with E-state index in [1.54, 1.807) is 4.90 Å². The molecule has 4 nitrogen and oxygen atoms in total. The van der Waals surface area contributed by atoms with Crippen molar-refractivity contribution < 1.29 is 13.9 Å². The van der Waals surface area contributed by atoms with Crippen LogP contribution in [0.4, 0.5) is 4.39 Å². The maximum absolute atomic E-state index is 13.2. The monoisotopic (exact) mass is 238 g/mol. The molecule has 1 atom stereocenters. The predicted molar refractivity (Wildman–Crippen MR) is 61.4 cm³/mol. The maximum Gasteiger partial charge on any atom is 0.254 e. The van der Waals surface area contributed by atoms with Crippen LogP contribution in [-0.4, -0.2) is 37.0 Å². The SMILES string of the molecule is COc1cc(C(=O)N2CCC(N)C2)ccc1F. The first-order chi connectivity index (χ1) is 8.11. The third kappa shape index (κ3) is 2.39. The number of halogens is 1. The molecule has 1 aromatic carbocycles. The van der Waals surface area contributed by atoms with Crippen LogP contribution >= 0.6 is 0 Å². The van der Waals surface area contributed by atoms with E-state index in [1.165, 1.54) is 25.3 Å². The number of likely N-dealkylation sites (tertiary alicyclic amines) is 1. The Bertz CT molecular complexity index is 437.